The zero-order valence-electron chi connectivity index (χ0n) is 24.3. The van der Waals surface area contributed by atoms with Crippen LogP contribution in [0.5, 0.6) is 5.75 Å². The van der Waals surface area contributed by atoms with Gasteiger partial charge in [-0.2, -0.15) is 0 Å². The van der Waals surface area contributed by atoms with Crippen LogP contribution in [0.3, 0.4) is 0 Å². The summed E-state index contributed by atoms with van der Waals surface area (Å²) < 4.78 is 5.10. The van der Waals surface area contributed by atoms with Crippen molar-refractivity contribution in [1.82, 2.24) is 4.90 Å². The molecule has 0 spiro atoms. The van der Waals surface area contributed by atoms with E-state index in [4.69, 9.17) is 10.1 Å². The molecule has 1 aliphatic rings. The van der Waals surface area contributed by atoms with E-state index < -0.39 is 0 Å². The van der Waals surface area contributed by atoms with Crippen LogP contribution in [-0.2, 0) is 15.6 Å². The summed E-state index contributed by atoms with van der Waals surface area (Å²) in [5, 5.41) is 20.1. The fourth-order valence-corrected chi connectivity index (χ4v) is 5.36. The molecule has 38 heavy (non-hydrogen) atoms. The maximum Gasteiger partial charge on any atom is 0.338 e. The number of ketones is 1. The minimum Gasteiger partial charge on any atom is -0.507 e. The van der Waals surface area contributed by atoms with Gasteiger partial charge >= 0.3 is 5.97 Å². The fourth-order valence-electron chi connectivity index (χ4n) is 5.36. The molecule has 0 bridgehead atoms. The van der Waals surface area contributed by atoms with Crippen molar-refractivity contribution < 1.29 is 19.4 Å². The molecular weight excluding hydrogens is 476 g/mol. The second-order valence-electron chi connectivity index (χ2n) is 12.5. The molecule has 2 aromatic carbocycles. The third-order valence-corrected chi connectivity index (χ3v) is 7.38. The summed E-state index contributed by atoms with van der Waals surface area (Å²) >= 11 is 0. The number of rotatable bonds is 8. The Labute approximate surface area is 227 Å². The smallest absolute Gasteiger partial charge is 0.338 e. The van der Waals surface area contributed by atoms with Gasteiger partial charge in [0, 0.05) is 29.2 Å². The molecule has 1 fully saturated rings. The van der Waals surface area contributed by atoms with Crippen LogP contribution in [0.25, 0.3) is 0 Å². The molecule has 1 aliphatic heterocycles. The fraction of sp³-hybridized carbons (Fsp3) is 0.531. The molecule has 2 N–H and O–H groups in total. The van der Waals surface area contributed by atoms with E-state index in [-0.39, 0.29) is 46.7 Å². The Morgan fingerprint density at radius 3 is 2.00 bits per heavy atom. The van der Waals surface area contributed by atoms with E-state index in [0.29, 0.717) is 30.1 Å². The van der Waals surface area contributed by atoms with Crippen LogP contribution in [0.1, 0.15) is 112 Å². The molecule has 2 atom stereocenters. The van der Waals surface area contributed by atoms with Gasteiger partial charge in [-0.15, -0.1) is 0 Å². The molecule has 1 heterocycles. The van der Waals surface area contributed by atoms with E-state index in [1.165, 1.54) is 0 Å². The molecular formula is C32H44N2O4. The number of esters is 1. The maximum absolute atomic E-state index is 13.6. The first-order valence-electron chi connectivity index (χ1n) is 13.7. The molecule has 0 radical (unpaired) electrons. The lowest BCUT2D eigenvalue weighted by Crippen LogP contribution is -2.32. The first-order chi connectivity index (χ1) is 17.7. The SMILES string of the molecule is CCCC1CN(CC(=O)c2cc(C(C)(C)C)c(O)c(C(C)(C)C)c2)C(=N)C1c1ccc(C(=O)OCC)cc1. The number of carbonyl (C=O) groups excluding carboxylic acids is 2. The van der Waals surface area contributed by atoms with E-state index in [1.54, 1.807) is 19.1 Å². The van der Waals surface area contributed by atoms with Gasteiger partial charge in [-0.3, -0.25) is 10.2 Å². The third-order valence-electron chi connectivity index (χ3n) is 7.38. The number of aromatic hydroxyl groups is 1. The van der Waals surface area contributed by atoms with E-state index in [1.807, 2.05) is 70.7 Å². The quantitative estimate of drug-likeness (QED) is 0.294. The second kappa shape index (κ2) is 11.3. The van der Waals surface area contributed by atoms with Crippen LogP contribution in [0.4, 0.5) is 0 Å². The summed E-state index contributed by atoms with van der Waals surface area (Å²) in [6.07, 6.45) is 1.93. The lowest BCUT2D eigenvalue weighted by atomic mass is 9.78. The summed E-state index contributed by atoms with van der Waals surface area (Å²) in [5.41, 5.74) is 2.91. The third kappa shape index (κ3) is 6.28. The molecule has 1 saturated heterocycles. The van der Waals surface area contributed by atoms with Gasteiger partial charge in [0.2, 0.25) is 0 Å². The Bertz CT molecular complexity index is 1150. The van der Waals surface area contributed by atoms with E-state index >= 15 is 0 Å². The van der Waals surface area contributed by atoms with Crippen LogP contribution in [0.2, 0.25) is 0 Å². The highest BCUT2D eigenvalue weighted by Crippen LogP contribution is 2.41. The number of likely N-dealkylation sites (tertiary alicyclic amines) is 1. The number of carbonyl (C=O) groups is 2. The molecule has 0 saturated carbocycles. The molecule has 6 heteroatoms. The number of Topliss-reactive ketones (excluding diaryl/α,β-unsaturated/α-hetero) is 1. The average Bonchev–Trinajstić information content (AvgIpc) is 3.12. The lowest BCUT2D eigenvalue weighted by Gasteiger charge is -2.28. The number of phenolic OH excluding ortho intramolecular Hbond substituents is 1. The number of amidine groups is 1. The van der Waals surface area contributed by atoms with Gasteiger partial charge in [0.05, 0.1) is 18.7 Å². The average molecular weight is 521 g/mol. The van der Waals surface area contributed by atoms with Crippen LogP contribution < -0.4 is 0 Å². The number of hydrogen-bond donors (Lipinski definition) is 2. The summed E-state index contributed by atoms with van der Waals surface area (Å²) in [7, 11) is 0. The number of nitrogens with one attached hydrogen (secondary N) is 1. The van der Waals surface area contributed by atoms with E-state index in [9.17, 15) is 14.7 Å². The van der Waals surface area contributed by atoms with Crippen molar-refractivity contribution in [1.29, 1.82) is 5.41 Å². The molecule has 3 rings (SSSR count). The minimum atomic E-state index is -0.351. The van der Waals surface area contributed by atoms with Gasteiger partial charge in [0.15, 0.2) is 5.78 Å². The normalized spacial score (nSPS) is 18.1. The Morgan fingerprint density at radius 1 is 0.974 bits per heavy atom. The first kappa shape index (κ1) is 29.4. The largest absolute Gasteiger partial charge is 0.507 e. The zero-order chi connectivity index (χ0) is 28.4. The maximum atomic E-state index is 13.6. The molecule has 0 amide bonds. The molecule has 206 valence electrons. The summed E-state index contributed by atoms with van der Waals surface area (Å²) in [4.78, 5) is 27.6. The number of phenols is 1. The van der Waals surface area contributed by atoms with Crippen molar-refractivity contribution in [2.75, 3.05) is 19.7 Å². The van der Waals surface area contributed by atoms with Crippen molar-refractivity contribution in [3.63, 3.8) is 0 Å². The highest BCUT2D eigenvalue weighted by atomic mass is 16.5. The highest BCUT2D eigenvalue weighted by Gasteiger charge is 2.39. The van der Waals surface area contributed by atoms with Gasteiger partial charge in [-0.05, 0) is 59.9 Å². The van der Waals surface area contributed by atoms with E-state index in [2.05, 4.69) is 6.92 Å². The van der Waals surface area contributed by atoms with Gasteiger partial charge in [0.25, 0.3) is 0 Å². The van der Waals surface area contributed by atoms with Crippen molar-refractivity contribution in [2.45, 2.75) is 85.0 Å². The summed E-state index contributed by atoms with van der Waals surface area (Å²) in [6, 6.07) is 11.0. The minimum absolute atomic E-state index is 0.0562. The monoisotopic (exact) mass is 520 g/mol. The van der Waals surface area contributed by atoms with Gasteiger partial charge in [-0.1, -0.05) is 67.0 Å². The van der Waals surface area contributed by atoms with Crippen molar-refractivity contribution >= 4 is 17.6 Å². The Balaban J connectivity index is 1.90. The highest BCUT2D eigenvalue weighted by molar-refractivity contribution is 6.01. The molecule has 0 aliphatic carbocycles. The summed E-state index contributed by atoms with van der Waals surface area (Å²) in [6.45, 7) is 17.2. The zero-order valence-corrected chi connectivity index (χ0v) is 24.3. The van der Waals surface area contributed by atoms with Crippen LogP contribution in [0.15, 0.2) is 36.4 Å². The number of nitrogens with zero attached hydrogens (tertiary/aromatic N) is 1. The number of ether oxygens (including phenoxy) is 1. The number of hydrogen-bond acceptors (Lipinski definition) is 5. The summed E-state index contributed by atoms with van der Waals surface area (Å²) in [5.74, 6) is 0.365. The standard InChI is InChI=1S/C32H44N2O4/c1-9-11-22-18-34(29(33)27(22)20-12-14-21(15-13-20)30(37)38-10-2)19-26(35)23-16-24(31(3,4)5)28(36)25(17-23)32(6,7)8/h12-17,22,27,33,36H,9-11,18-19H2,1-8H3. The second-order valence-corrected chi connectivity index (χ2v) is 12.5. The van der Waals surface area contributed by atoms with Crippen molar-refractivity contribution in [2.24, 2.45) is 5.92 Å². The molecule has 0 aromatic heterocycles. The molecule has 6 nitrogen and oxygen atoms in total. The Morgan fingerprint density at radius 2 is 1.53 bits per heavy atom. The molecule has 2 aromatic rings. The number of benzene rings is 2. The molecule has 2 unspecified atom stereocenters. The topological polar surface area (TPSA) is 90.7 Å². The van der Waals surface area contributed by atoms with Crippen molar-refractivity contribution in [3.8, 4) is 5.75 Å². The van der Waals surface area contributed by atoms with Gasteiger partial charge in [0.1, 0.15) is 11.6 Å². The Kier molecular flexibility index (Phi) is 8.75. The van der Waals surface area contributed by atoms with Crippen LogP contribution >= 0.6 is 0 Å². The van der Waals surface area contributed by atoms with Crippen LogP contribution in [0, 0.1) is 11.3 Å². The van der Waals surface area contributed by atoms with Gasteiger partial charge < -0.3 is 14.7 Å². The van der Waals surface area contributed by atoms with Crippen molar-refractivity contribution in [3.05, 3.63) is 64.2 Å². The Hall–Kier alpha value is -3.15. The predicted molar refractivity (Wildman–Crippen MR) is 153 cm³/mol. The first-order valence-corrected chi connectivity index (χ1v) is 13.7. The van der Waals surface area contributed by atoms with Gasteiger partial charge in [-0.25, -0.2) is 4.79 Å². The van der Waals surface area contributed by atoms with Crippen LogP contribution in [-0.4, -0.2) is 47.3 Å². The van der Waals surface area contributed by atoms with E-state index in [0.717, 1.165) is 29.5 Å². The predicted octanol–water partition coefficient (Wildman–Crippen LogP) is 6.84. The lowest BCUT2D eigenvalue weighted by molar-refractivity contribution is 0.0526.